The lowest BCUT2D eigenvalue weighted by molar-refractivity contribution is -0.387. The molecule has 1 aromatic carbocycles. The van der Waals surface area contributed by atoms with E-state index in [-0.39, 0.29) is 5.56 Å². The Hall–Kier alpha value is -1.98. The largest absolute Gasteiger partial charge is 0.352 e. The standard InChI is InChI=1S/C15H21FN2O3/c1-3-5-6-11(4-2)10-17-15(19)12-7-8-14(18(20)21)13(16)9-12/h7-9,11H,3-6,10H2,1-2H3,(H,17,19). The third-order valence-electron chi connectivity index (χ3n) is 3.50. The summed E-state index contributed by atoms with van der Waals surface area (Å²) in [5.41, 5.74) is -0.524. The van der Waals surface area contributed by atoms with Crippen LogP contribution < -0.4 is 5.32 Å². The van der Waals surface area contributed by atoms with Gasteiger partial charge >= 0.3 is 5.69 Å². The van der Waals surface area contributed by atoms with Gasteiger partial charge in [-0.2, -0.15) is 4.39 Å². The average Bonchev–Trinajstić information content (AvgIpc) is 2.46. The van der Waals surface area contributed by atoms with E-state index in [1.165, 1.54) is 6.07 Å². The minimum absolute atomic E-state index is 0.100. The molecule has 0 saturated carbocycles. The van der Waals surface area contributed by atoms with E-state index in [4.69, 9.17) is 0 Å². The van der Waals surface area contributed by atoms with Crippen LogP contribution >= 0.6 is 0 Å². The predicted molar refractivity (Wildman–Crippen MR) is 78.7 cm³/mol. The van der Waals surface area contributed by atoms with Crippen LogP contribution in [0.2, 0.25) is 0 Å². The monoisotopic (exact) mass is 296 g/mol. The lowest BCUT2D eigenvalue weighted by Crippen LogP contribution is -2.29. The zero-order valence-corrected chi connectivity index (χ0v) is 12.4. The van der Waals surface area contributed by atoms with Gasteiger partial charge < -0.3 is 5.32 Å². The Labute approximate surface area is 123 Å². The molecular formula is C15H21FN2O3. The van der Waals surface area contributed by atoms with Crippen molar-refractivity contribution < 1.29 is 14.1 Å². The molecule has 0 spiro atoms. The lowest BCUT2D eigenvalue weighted by atomic mass is 9.99. The molecule has 1 aromatic rings. The number of hydrogen-bond donors (Lipinski definition) is 1. The van der Waals surface area contributed by atoms with E-state index >= 15 is 0 Å². The maximum Gasteiger partial charge on any atom is 0.304 e. The first-order valence-electron chi connectivity index (χ1n) is 7.21. The van der Waals surface area contributed by atoms with Crippen molar-refractivity contribution in [1.82, 2.24) is 5.32 Å². The second-order valence-electron chi connectivity index (χ2n) is 5.05. The molecule has 1 amide bonds. The molecule has 0 aliphatic rings. The highest BCUT2D eigenvalue weighted by atomic mass is 19.1. The number of rotatable bonds is 8. The second kappa shape index (κ2) is 8.34. The molecule has 116 valence electrons. The summed E-state index contributed by atoms with van der Waals surface area (Å²) < 4.78 is 13.5. The quantitative estimate of drug-likeness (QED) is 0.587. The summed E-state index contributed by atoms with van der Waals surface area (Å²) in [5, 5.41) is 13.3. The summed E-state index contributed by atoms with van der Waals surface area (Å²) in [4.78, 5) is 21.6. The Balaban J connectivity index is 2.63. The molecule has 1 atom stereocenters. The van der Waals surface area contributed by atoms with Gasteiger partial charge in [0.25, 0.3) is 5.91 Å². The fraction of sp³-hybridized carbons (Fsp3) is 0.533. The van der Waals surface area contributed by atoms with Crippen LogP contribution in [0.3, 0.4) is 0 Å². The molecule has 0 fully saturated rings. The summed E-state index contributed by atoms with van der Waals surface area (Å²) in [6, 6.07) is 3.18. The van der Waals surface area contributed by atoms with Crippen molar-refractivity contribution in [2.75, 3.05) is 6.54 Å². The molecule has 0 aliphatic carbocycles. The van der Waals surface area contributed by atoms with E-state index in [0.717, 1.165) is 37.8 Å². The Kier molecular flexibility index (Phi) is 6.78. The molecule has 0 saturated heterocycles. The highest BCUT2D eigenvalue weighted by Crippen LogP contribution is 2.18. The normalized spacial score (nSPS) is 12.0. The third-order valence-corrected chi connectivity index (χ3v) is 3.50. The van der Waals surface area contributed by atoms with Gasteiger partial charge in [-0.05, 0) is 24.5 Å². The van der Waals surface area contributed by atoms with Crippen LogP contribution in [-0.2, 0) is 0 Å². The van der Waals surface area contributed by atoms with Gasteiger partial charge in [0.1, 0.15) is 0 Å². The molecule has 0 bridgehead atoms. The van der Waals surface area contributed by atoms with E-state index in [1.54, 1.807) is 0 Å². The summed E-state index contributed by atoms with van der Waals surface area (Å²) in [6.07, 6.45) is 4.23. The molecule has 1 unspecified atom stereocenters. The van der Waals surface area contributed by atoms with Crippen LogP contribution in [0.4, 0.5) is 10.1 Å². The van der Waals surface area contributed by atoms with Crippen LogP contribution in [0.1, 0.15) is 49.9 Å². The molecule has 6 heteroatoms. The van der Waals surface area contributed by atoms with Gasteiger partial charge in [0.15, 0.2) is 0 Å². The van der Waals surface area contributed by atoms with Gasteiger partial charge in [-0.1, -0.05) is 33.1 Å². The molecule has 0 radical (unpaired) electrons. The van der Waals surface area contributed by atoms with Crippen LogP contribution in [0.5, 0.6) is 0 Å². The Bertz CT molecular complexity index is 506. The number of amides is 1. The minimum atomic E-state index is -0.995. The number of nitrogens with one attached hydrogen (secondary N) is 1. The summed E-state index contributed by atoms with van der Waals surface area (Å²) >= 11 is 0. The molecule has 1 N–H and O–H groups in total. The van der Waals surface area contributed by atoms with Crippen molar-refractivity contribution in [2.45, 2.75) is 39.5 Å². The average molecular weight is 296 g/mol. The van der Waals surface area contributed by atoms with Crippen LogP contribution in [0, 0.1) is 21.8 Å². The fourth-order valence-corrected chi connectivity index (χ4v) is 2.08. The number of unbranched alkanes of at least 4 members (excludes halogenated alkanes) is 1. The number of hydrogen-bond acceptors (Lipinski definition) is 3. The highest BCUT2D eigenvalue weighted by molar-refractivity contribution is 5.94. The first-order chi connectivity index (χ1) is 9.99. The van der Waals surface area contributed by atoms with Crippen molar-refractivity contribution in [3.8, 4) is 0 Å². The molecule has 0 aromatic heterocycles. The van der Waals surface area contributed by atoms with Gasteiger partial charge in [-0.25, -0.2) is 0 Å². The molecule has 0 heterocycles. The van der Waals surface area contributed by atoms with E-state index in [2.05, 4.69) is 19.2 Å². The van der Waals surface area contributed by atoms with E-state index in [0.29, 0.717) is 12.5 Å². The number of nitro benzene ring substituents is 1. The first-order valence-corrected chi connectivity index (χ1v) is 7.21. The third kappa shape index (κ3) is 5.13. The van der Waals surface area contributed by atoms with Crippen LogP contribution in [0.25, 0.3) is 0 Å². The summed E-state index contributed by atoms with van der Waals surface area (Å²) in [6.45, 7) is 4.72. The van der Waals surface area contributed by atoms with Crippen LogP contribution in [0.15, 0.2) is 18.2 Å². The van der Waals surface area contributed by atoms with Crippen LogP contribution in [-0.4, -0.2) is 17.4 Å². The minimum Gasteiger partial charge on any atom is -0.352 e. The first kappa shape index (κ1) is 17.1. The number of carbonyl (C=O) groups is 1. The van der Waals surface area contributed by atoms with Gasteiger partial charge in [-0.3, -0.25) is 14.9 Å². The topological polar surface area (TPSA) is 72.2 Å². The Morgan fingerprint density at radius 3 is 2.67 bits per heavy atom. The Morgan fingerprint density at radius 2 is 2.14 bits per heavy atom. The molecular weight excluding hydrogens is 275 g/mol. The number of nitro groups is 1. The van der Waals surface area contributed by atoms with Gasteiger partial charge in [0.2, 0.25) is 5.82 Å². The number of benzene rings is 1. The van der Waals surface area contributed by atoms with Crippen molar-refractivity contribution in [3.05, 3.63) is 39.7 Å². The number of nitrogens with zero attached hydrogens (tertiary/aromatic N) is 1. The van der Waals surface area contributed by atoms with E-state index < -0.39 is 22.3 Å². The van der Waals surface area contributed by atoms with E-state index in [9.17, 15) is 19.3 Å². The SMILES string of the molecule is CCCCC(CC)CNC(=O)c1ccc([N+](=O)[O-])c(F)c1. The zero-order chi connectivity index (χ0) is 15.8. The maximum atomic E-state index is 13.5. The zero-order valence-electron chi connectivity index (χ0n) is 12.4. The van der Waals surface area contributed by atoms with Gasteiger partial charge in [0.05, 0.1) is 4.92 Å². The lowest BCUT2D eigenvalue weighted by Gasteiger charge is -2.15. The maximum absolute atomic E-state index is 13.5. The smallest absolute Gasteiger partial charge is 0.304 e. The number of halogens is 1. The molecule has 21 heavy (non-hydrogen) atoms. The van der Waals surface area contributed by atoms with Gasteiger partial charge in [-0.15, -0.1) is 0 Å². The van der Waals surface area contributed by atoms with E-state index in [1.807, 2.05) is 0 Å². The van der Waals surface area contributed by atoms with Crippen molar-refractivity contribution in [3.63, 3.8) is 0 Å². The summed E-state index contributed by atoms with van der Waals surface area (Å²) in [7, 11) is 0. The van der Waals surface area contributed by atoms with Crippen molar-refractivity contribution in [1.29, 1.82) is 0 Å². The summed E-state index contributed by atoms with van der Waals surface area (Å²) in [5.74, 6) is -0.999. The highest BCUT2D eigenvalue weighted by Gasteiger charge is 2.17. The second-order valence-corrected chi connectivity index (χ2v) is 5.05. The van der Waals surface area contributed by atoms with Crippen molar-refractivity contribution >= 4 is 11.6 Å². The van der Waals surface area contributed by atoms with Gasteiger partial charge in [0, 0.05) is 18.2 Å². The fourth-order valence-electron chi connectivity index (χ4n) is 2.08. The van der Waals surface area contributed by atoms with Crippen molar-refractivity contribution in [2.24, 2.45) is 5.92 Å². The predicted octanol–water partition coefficient (Wildman–Crippen LogP) is 3.68. The molecule has 1 rings (SSSR count). The molecule has 5 nitrogen and oxygen atoms in total. The number of carbonyl (C=O) groups excluding carboxylic acids is 1. The molecule has 0 aliphatic heterocycles. The Morgan fingerprint density at radius 1 is 1.43 bits per heavy atom.